The number of hydrogen-bond acceptors (Lipinski definition) is 6. The van der Waals surface area contributed by atoms with Gasteiger partial charge in [-0.25, -0.2) is 0 Å². The van der Waals surface area contributed by atoms with Crippen molar-refractivity contribution in [3.05, 3.63) is 48.0 Å². The van der Waals surface area contributed by atoms with Gasteiger partial charge in [-0.2, -0.15) is 0 Å². The summed E-state index contributed by atoms with van der Waals surface area (Å²) in [6, 6.07) is 14.8. The monoisotopic (exact) mass is 375 g/mol. The van der Waals surface area contributed by atoms with Gasteiger partial charge in [0.05, 0.1) is 0 Å². The van der Waals surface area contributed by atoms with Gasteiger partial charge in [0.15, 0.2) is 8.68 Å². The first kappa shape index (κ1) is 17.3. The summed E-state index contributed by atoms with van der Waals surface area (Å²) in [5.74, 6) is 1.69. The van der Waals surface area contributed by atoms with E-state index in [1.165, 1.54) is 23.3 Å². The third-order valence-corrected chi connectivity index (χ3v) is 6.56. The van der Waals surface area contributed by atoms with Crippen molar-refractivity contribution in [1.82, 2.24) is 15.5 Å². The molecule has 0 aliphatic carbocycles. The van der Waals surface area contributed by atoms with Gasteiger partial charge < -0.3 is 5.32 Å². The van der Waals surface area contributed by atoms with Crippen LogP contribution in [0.25, 0.3) is 10.8 Å². The highest BCUT2D eigenvalue weighted by Gasteiger charge is 2.07. The first-order valence-electron chi connectivity index (χ1n) is 7.52. The van der Waals surface area contributed by atoms with Crippen molar-refractivity contribution in [2.75, 3.05) is 12.3 Å². The van der Waals surface area contributed by atoms with Crippen LogP contribution in [0.5, 0.6) is 0 Å². The Balaban J connectivity index is 1.56. The number of carbonyl (C=O) groups excluding carboxylic acids is 1. The summed E-state index contributed by atoms with van der Waals surface area (Å²) in [5.41, 5.74) is 1.31. The number of carbonyl (C=O) groups is 1. The smallest absolute Gasteiger partial charge is 0.216 e. The van der Waals surface area contributed by atoms with Crippen LogP contribution >= 0.6 is 34.9 Å². The van der Waals surface area contributed by atoms with Crippen LogP contribution in [-0.2, 0) is 10.5 Å². The summed E-state index contributed by atoms with van der Waals surface area (Å²) in [5, 5.41) is 13.8. The van der Waals surface area contributed by atoms with E-state index < -0.39 is 0 Å². The number of thioether (sulfide) groups is 2. The summed E-state index contributed by atoms with van der Waals surface area (Å²) < 4.78 is 1.92. The third kappa shape index (κ3) is 4.72. The molecule has 0 saturated heterocycles. The van der Waals surface area contributed by atoms with Gasteiger partial charge in [-0.15, -0.1) is 10.2 Å². The van der Waals surface area contributed by atoms with E-state index >= 15 is 0 Å². The number of aromatic nitrogens is 2. The minimum atomic E-state index is -0.000744. The number of nitrogens with zero attached hydrogens (tertiary/aromatic N) is 2. The van der Waals surface area contributed by atoms with Crippen molar-refractivity contribution in [2.45, 2.75) is 21.4 Å². The van der Waals surface area contributed by atoms with Crippen molar-refractivity contribution in [3.8, 4) is 0 Å². The molecule has 7 heteroatoms. The number of nitrogens with one attached hydrogen (secondary N) is 1. The second-order valence-electron chi connectivity index (χ2n) is 5.09. The second kappa shape index (κ2) is 8.50. The molecule has 0 aliphatic rings. The zero-order valence-corrected chi connectivity index (χ0v) is 15.6. The number of fused-ring (bicyclic) bond motifs is 1. The topological polar surface area (TPSA) is 54.9 Å². The van der Waals surface area contributed by atoms with Gasteiger partial charge in [-0.05, 0) is 16.3 Å². The average molecular weight is 376 g/mol. The average Bonchev–Trinajstić information content (AvgIpc) is 3.04. The number of rotatable bonds is 7. The van der Waals surface area contributed by atoms with Crippen LogP contribution < -0.4 is 5.32 Å². The van der Waals surface area contributed by atoms with Gasteiger partial charge in [-0.1, -0.05) is 77.3 Å². The molecule has 1 amide bonds. The molecule has 0 saturated carbocycles. The quantitative estimate of drug-likeness (QED) is 0.495. The molecule has 124 valence electrons. The van der Waals surface area contributed by atoms with E-state index in [-0.39, 0.29) is 5.91 Å². The van der Waals surface area contributed by atoms with Crippen molar-refractivity contribution in [3.63, 3.8) is 0 Å². The predicted molar refractivity (Wildman–Crippen MR) is 103 cm³/mol. The maximum atomic E-state index is 10.8. The summed E-state index contributed by atoms with van der Waals surface area (Å²) >= 11 is 4.95. The molecular weight excluding hydrogens is 358 g/mol. The lowest BCUT2D eigenvalue weighted by molar-refractivity contribution is -0.118. The number of benzene rings is 2. The van der Waals surface area contributed by atoms with Crippen LogP contribution in [0.3, 0.4) is 0 Å². The molecule has 4 nitrogen and oxygen atoms in total. The lowest BCUT2D eigenvalue weighted by Crippen LogP contribution is -2.22. The summed E-state index contributed by atoms with van der Waals surface area (Å²) in [6.07, 6.45) is 0. The van der Waals surface area contributed by atoms with Crippen molar-refractivity contribution in [1.29, 1.82) is 0 Å². The van der Waals surface area contributed by atoms with Gasteiger partial charge in [-0.3, -0.25) is 4.79 Å². The molecule has 0 atom stereocenters. The third-order valence-electron chi connectivity index (χ3n) is 3.32. The Morgan fingerprint density at radius 2 is 1.83 bits per heavy atom. The maximum absolute atomic E-state index is 10.8. The number of amides is 1. The molecule has 0 radical (unpaired) electrons. The zero-order valence-electron chi connectivity index (χ0n) is 13.2. The van der Waals surface area contributed by atoms with Crippen molar-refractivity contribution in [2.24, 2.45) is 0 Å². The van der Waals surface area contributed by atoms with E-state index in [4.69, 9.17) is 0 Å². The Labute approximate surface area is 153 Å². The summed E-state index contributed by atoms with van der Waals surface area (Å²) in [4.78, 5) is 10.8. The molecule has 2 aromatic carbocycles. The molecular formula is C17H17N3OS3. The largest absolute Gasteiger partial charge is 0.356 e. The van der Waals surface area contributed by atoms with Gasteiger partial charge in [0.25, 0.3) is 0 Å². The summed E-state index contributed by atoms with van der Waals surface area (Å²) in [7, 11) is 0. The van der Waals surface area contributed by atoms with E-state index in [0.29, 0.717) is 6.54 Å². The Morgan fingerprint density at radius 1 is 1.08 bits per heavy atom. The second-order valence-corrected chi connectivity index (χ2v) is 8.63. The fourth-order valence-electron chi connectivity index (χ4n) is 2.24. The molecule has 1 heterocycles. The number of hydrogen-bond donors (Lipinski definition) is 1. The van der Waals surface area contributed by atoms with E-state index in [9.17, 15) is 4.79 Å². The van der Waals surface area contributed by atoms with Crippen LogP contribution in [0, 0.1) is 0 Å². The van der Waals surface area contributed by atoms with Crippen LogP contribution in [-0.4, -0.2) is 28.4 Å². The highest BCUT2D eigenvalue weighted by molar-refractivity contribution is 8.02. The fourth-order valence-corrected chi connectivity index (χ4v) is 5.19. The van der Waals surface area contributed by atoms with Crippen molar-refractivity contribution >= 4 is 51.5 Å². The minimum Gasteiger partial charge on any atom is -0.356 e. The van der Waals surface area contributed by atoms with E-state index in [1.807, 2.05) is 0 Å². The van der Waals surface area contributed by atoms with Gasteiger partial charge in [0.2, 0.25) is 5.91 Å². The fraction of sp³-hybridized carbons (Fsp3) is 0.235. The maximum Gasteiger partial charge on any atom is 0.216 e. The van der Waals surface area contributed by atoms with Crippen molar-refractivity contribution < 1.29 is 4.79 Å². The van der Waals surface area contributed by atoms with Gasteiger partial charge in [0, 0.05) is 25.0 Å². The predicted octanol–water partition coefficient (Wildman–Crippen LogP) is 4.21. The minimum absolute atomic E-state index is 0.000744. The zero-order chi connectivity index (χ0) is 16.8. The Kier molecular flexibility index (Phi) is 6.12. The van der Waals surface area contributed by atoms with Crippen LogP contribution in [0.2, 0.25) is 0 Å². The molecule has 0 bridgehead atoms. The molecule has 24 heavy (non-hydrogen) atoms. The normalized spacial score (nSPS) is 10.9. The first-order valence-corrected chi connectivity index (χ1v) is 10.3. The molecule has 0 spiro atoms. The summed E-state index contributed by atoms with van der Waals surface area (Å²) in [6.45, 7) is 2.18. The Bertz CT molecular complexity index is 829. The van der Waals surface area contributed by atoms with E-state index in [2.05, 4.69) is 58.0 Å². The van der Waals surface area contributed by atoms with Gasteiger partial charge in [0.1, 0.15) is 0 Å². The molecule has 3 aromatic rings. The van der Waals surface area contributed by atoms with E-state index in [1.54, 1.807) is 34.9 Å². The highest BCUT2D eigenvalue weighted by Crippen LogP contribution is 2.32. The molecule has 1 aromatic heterocycles. The standard InChI is InChI=1S/C17H17N3OS3/c1-12(21)18-9-10-22-16-19-20-17(24-16)23-11-14-7-4-6-13-5-2-3-8-15(13)14/h2-8H,9-11H2,1H3,(H,18,21). The van der Waals surface area contributed by atoms with Crippen LogP contribution in [0.4, 0.5) is 0 Å². The molecule has 0 fully saturated rings. The van der Waals surface area contributed by atoms with Crippen LogP contribution in [0.15, 0.2) is 51.1 Å². The SMILES string of the molecule is CC(=O)NCCSc1nnc(SCc2cccc3ccccc23)s1. The van der Waals surface area contributed by atoms with E-state index in [0.717, 1.165) is 20.2 Å². The lowest BCUT2D eigenvalue weighted by atomic mass is 10.1. The molecule has 0 unspecified atom stereocenters. The molecule has 0 aliphatic heterocycles. The highest BCUT2D eigenvalue weighted by atomic mass is 32.2. The molecule has 3 rings (SSSR count). The Morgan fingerprint density at radius 3 is 2.67 bits per heavy atom. The van der Waals surface area contributed by atoms with Gasteiger partial charge >= 0.3 is 0 Å². The molecule has 1 N–H and O–H groups in total. The van der Waals surface area contributed by atoms with Crippen LogP contribution in [0.1, 0.15) is 12.5 Å². The Hall–Kier alpha value is -1.57. The first-order chi connectivity index (χ1) is 11.7. The lowest BCUT2D eigenvalue weighted by Gasteiger charge is -2.04.